The van der Waals surface area contributed by atoms with Crippen LogP contribution in [0.25, 0.3) is 0 Å². The number of piperazine rings is 1. The monoisotopic (exact) mass is 356 g/mol. The number of esters is 1. The molecular weight excluding hydrogens is 335 g/mol. The van der Waals surface area contributed by atoms with E-state index in [1.165, 1.54) is 6.07 Å². The Morgan fingerprint density at radius 2 is 1.58 bits per heavy atom. The number of amides is 1. The van der Waals surface area contributed by atoms with Gasteiger partial charge in [-0.3, -0.25) is 9.59 Å². The number of nitrogens with zero attached hydrogens (tertiary/aromatic N) is 2. The van der Waals surface area contributed by atoms with Crippen LogP contribution in [0.5, 0.6) is 0 Å². The predicted octanol–water partition coefficient (Wildman–Crippen LogP) is 2.26. The Balaban J connectivity index is 1.44. The van der Waals surface area contributed by atoms with Crippen molar-refractivity contribution in [2.45, 2.75) is 6.42 Å². The lowest BCUT2D eigenvalue weighted by molar-refractivity contribution is -0.151. The predicted molar refractivity (Wildman–Crippen MR) is 96.3 cm³/mol. The summed E-state index contributed by atoms with van der Waals surface area (Å²) in [7, 11) is 0. The van der Waals surface area contributed by atoms with Crippen LogP contribution in [0, 0.1) is 5.82 Å². The summed E-state index contributed by atoms with van der Waals surface area (Å²) >= 11 is 0. The molecule has 2 aromatic carbocycles. The fourth-order valence-corrected chi connectivity index (χ4v) is 2.95. The van der Waals surface area contributed by atoms with E-state index in [9.17, 15) is 14.0 Å². The first-order valence-electron chi connectivity index (χ1n) is 8.60. The Morgan fingerprint density at radius 1 is 0.923 bits per heavy atom. The topological polar surface area (TPSA) is 49.9 Å². The minimum Gasteiger partial charge on any atom is -0.455 e. The van der Waals surface area contributed by atoms with Gasteiger partial charge in [0.1, 0.15) is 5.82 Å². The van der Waals surface area contributed by atoms with Crippen molar-refractivity contribution >= 4 is 17.6 Å². The number of rotatable bonds is 5. The van der Waals surface area contributed by atoms with Gasteiger partial charge < -0.3 is 14.5 Å². The summed E-state index contributed by atoms with van der Waals surface area (Å²) in [4.78, 5) is 27.6. The number of halogens is 1. The van der Waals surface area contributed by atoms with Gasteiger partial charge in [-0.25, -0.2) is 4.39 Å². The number of benzene rings is 2. The molecule has 26 heavy (non-hydrogen) atoms. The van der Waals surface area contributed by atoms with E-state index in [0.717, 1.165) is 5.56 Å². The normalized spacial score (nSPS) is 14.2. The highest BCUT2D eigenvalue weighted by molar-refractivity contribution is 5.81. The van der Waals surface area contributed by atoms with Gasteiger partial charge in [-0.2, -0.15) is 0 Å². The molecule has 5 nitrogen and oxygen atoms in total. The molecule has 0 saturated carbocycles. The fraction of sp³-hybridized carbons (Fsp3) is 0.300. The third kappa shape index (κ3) is 4.59. The SMILES string of the molecule is O=C(Cc1ccccc1)OCC(=O)N1CCN(c2ccccc2F)CC1. The van der Waals surface area contributed by atoms with E-state index in [-0.39, 0.29) is 24.8 Å². The van der Waals surface area contributed by atoms with E-state index in [1.807, 2.05) is 35.2 Å². The number of carbonyl (C=O) groups is 2. The van der Waals surface area contributed by atoms with Crippen molar-refractivity contribution in [2.24, 2.45) is 0 Å². The first-order chi connectivity index (χ1) is 12.6. The third-order valence-corrected chi connectivity index (χ3v) is 4.37. The molecule has 1 aliphatic heterocycles. The van der Waals surface area contributed by atoms with E-state index in [0.29, 0.717) is 31.9 Å². The molecule has 2 aromatic rings. The molecule has 0 bridgehead atoms. The van der Waals surface area contributed by atoms with Crippen LogP contribution in [0.3, 0.4) is 0 Å². The molecule has 0 atom stereocenters. The molecule has 6 heteroatoms. The van der Waals surface area contributed by atoms with Crippen molar-refractivity contribution in [1.29, 1.82) is 0 Å². The summed E-state index contributed by atoms with van der Waals surface area (Å²) in [5, 5.41) is 0. The Bertz CT molecular complexity index is 759. The molecule has 0 unspecified atom stereocenters. The largest absolute Gasteiger partial charge is 0.455 e. The van der Waals surface area contributed by atoms with Crippen molar-refractivity contribution in [2.75, 3.05) is 37.7 Å². The standard InChI is InChI=1S/C20H21FN2O3/c21-17-8-4-5-9-18(17)22-10-12-23(13-11-22)19(24)15-26-20(25)14-16-6-2-1-3-7-16/h1-9H,10-15H2. The average molecular weight is 356 g/mol. The molecular formula is C20H21FN2O3. The summed E-state index contributed by atoms with van der Waals surface area (Å²) in [5.41, 5.74) is 1.40. The lowest BCUT2D eigenvalue weighted by Gasteiger charge is -2.36. The highest BCUT2D eigenvalue weighted by Gasteiger charge is 2.23. The number of hydrogen-bond donors (Lipinski definition) is 0. The zero-order chi connectivity index (χ0) is 18.4. The fourth-order valence-electron chi connectivity index (χ4n) is 2.95. The molecule has 0 N–H and O–H groups in total. The minimum atomic E-state index is -0.422. The molecule has 0 aromatic heterocycles. The number of anilines is 1. The lowest BCUT2D eigenvalue weighted by Crippen LogP contribution is -2.50. The third-order valence-electron chi connectivity index (χ3n) is 4.37. The Kier molecular flexibility index (Phi) is 5.84. The van der Waals surface area contributed by atoms with Crippen molar-refractivity contribution in [3.8, 4) is 0 Å². The van der Waals surface area contributed by atoms with E-state index < -0.39 is 5.97 Å². The Morgan fingerprint density at radius 3 is 2.27 bits per heavy atom. The van der Waals surface area contributed by atoms with Gasteiger partial charge in [0.15, 0.2) is 6.61 Å². The molecule has 1 aliphatic rings. The van der Waals surface area contributed by atoms with Crippen LogP contribution in [-0.4, -0.2) is 49.6 Å². The highest BCUT2D eigenvalue weighted by Crippen LogP contribution is 2.20. The van der Waals surface area contributed by atoms with Gasteiger partial charge in [-0.15, -0.1) is 0 Å². The van der Waals surface area contributed by atoms with Crippen LogP contribution in [0.1, 0.15) is 5.56 Å². The first-order valence-corrected chi connectivity index (χ1v) is 8.60. The highest BCUT2D eigenvalue weighted by atomic mass is 19.1. The van der Waals surface area contributed by atoms with E-state index in [4.69, 9.17) is 4.74 Å². The maximum Gasteiger partial charge on any atom is 0.310 e. The zero-order valence-electron chi connectivity index (χ0n) is 14.4. The summed E-state index contributed by atoms with van der Waals surface area (Å²) in [6, 6.07) is 15.9. The van der Waals surface area contributed by atoms with Gasteiger partial charge in [0, 0.05) is 26.2 Å². The summed E-state index contributed by atoms with van der Waals surface area (Å²) in [5.74, 6) is -0.906. The van der Waals surface area contributed by atoms with Crippen molar-refractivity contribution in [1.82, 2.24) is 4.90 Å². The molecule has 0 aliphatic carbocycles. The molecule has 1 amide bonds. The van der Waals surface area contributed by atoms with E-state index in [2.05, 4.69) is 0 Å². The maximum atomic E-state index is 13.8. The second-order valence-electron chi connectivity index (χ2n) is 6.14. The Labute approximate surface area is 152 Å². The quantitative estimate of drug-likeness (QED) is 0.771. The van der Waals surface area contributed by atoms with Gasteiger partial charge in [0.25, 0.3) is 5.91 Å². The zero-order valence-corrected chi connectivity index (χ0v) is 14.4. The molecule has 136 valence electrons. The van der Waals surface area contributed by atoms with Crippen molar-refractivity contribution < 1.29 is 18.7 Å². The smallest absolute Gasteiger partial charge is 0.310 e. The van der Waals surface area contributed by atoms with Gasteiger partial charge in [0.05, 0.1) is 12.1 Å². The molecule has 0 radical (unpaired) electrons. The number of para-hydroxylation sites is 1. The summed E-state index contributed by atoms with van der Waals surface area (Å²) in [6.07, 6.45) is 0.148. The number of hydrogen-bond acceptors (Lipinski definition) is 4. The average Bonchev–Trinajstić information content (AvgIpc) is 2.67. The first kappa shape index (κ1) is 17.9. The van der Waals surface area contributed by atoms with Crippen LogP contribution in [-0.2, 0) is 20.7 Å². The maximum absolute atomic E-state index is 13.8. The summed E-state index contributed by atoms with van der Waals surface area (Å²) in [6.45, 7) is 1.79. The second-order valence-corrected chi connectivity index (χ2v) is 6.14. The molecule has 1 heterocycles. The van der Waals surface area contributed by atoms with Crippen LogP contribution in [0.2, 0.25) is 0 Å². The van der Waals surface area contributed by atoms with Crippen molar-refractivity contribution in [3.63, 3.8) is 0 Å². The summed E-state index contributed by atoms with van der Waals surface area (Å²) < 4.78 is 18.9. The van der Waals surface area contributed by atoms with Gasteiger partial charge in [-0.1, -0.05) is 42.5 Å². The molecule has 3 rings (SSSR count). The van der Waals surface area contributed by atoms with Gasteiger partial charge in [-0.05, 0) is 17.7 Å². The lowest BCUT2D eigenvalue weighted by atomic mass is 10.2. The Hall–Kier alpha value is -2.89. The van der Waals surface area contributed by atoms with E-state index in [1.54, 1.807) is 23.1 Å². The second kappa shape index (κ2) is 8.47. The van der Waals surface area contributed by atoms with E-state index >= 15 is 0 Å². The van der Waals surface area contributed by atoms with Crippen LogP contribution < -0.4 is 4.90 Å². The number of carbonyl (C=O) groups excluding carboxylic acids is 2. The molecule has 1 fully saturated rings. The van der Waals surface area contributed by atoms with Crippen LogP contribution in [0.4, 0.5) is 10.1 Å². The van der Waals surface area contributed by atoms with Crippen molar-refractivity contribution in [3.05, 3.63) is 66.0 Å². The molecule has 0 spiro atoms. The van der Waals surface area contributed by atoms with Gasteiger partial charge in [0.2, 0.25) is 0 Å². The number of ether oxygens (including phenoxy) is 1. The van der Waals surface area contributed by atoms with Crippen LogP contribution in [0.15, 0.2) is 54.6 Å². The molecule has 1 saturated heterocycles. The van der Waals surface area contributed by atoms with Gasteiger partial charge >= 0.3 is 5.97 Å². The van der Waals surface area contributed by atoms with Crippen LogP contribution >= 0.6 is 0 Å². The minimum absolute atomic E-state index is 0.148.